The van der Waals surface area contributed by atoms with E-state index in [-0.39, 0.29) is 18.4 Å². The average Bonchev–Trinajstić information content (AvgIpc) is 3.17. The van der Waals surface area contributed by atoms with Crippen molar-refractivity contribution in [2.45, 2.75) is 37.6 Å². The summed E-state index contributed by atoms with van der Waals surface area (Å²) in [6.07, 6.45) is -10.0. The second kappa shape index (κ2) is 10.4. The molecule has 1 N–H and O–H groups in total. The standard InChI is InChI=1S/C21H18F6N4O2S/c1-2-31-17(11-33-16-6-4-3-5-7-16)29-30-19(31)34-12-18(32)28-15-9-13(20(22,23)24)8-14(10-15)21(25,26)27/h3-10H,2,11-12H2,1H3,(H,28,32). The third-order valence-corrected chi connectivity index (χ3v) is 5.39. The van der Waals surface area contributed by atoms with Crippen molar-refractivity contribution in [2.24, 2.45) is 0 Å². The average molecular weight is 504 g/mol. The van der Waals surface area contributed by atoms with E-state index in [1.54, 1.807) is 16.7 Å². The minimum Gasteiger partial charge on any atom is -0.486 e. The number of para-hydroxylation sites is 1. The van der Waals surface area contributed by atoms with E-state index in [1.165, 1.54) is 0 Å². The molecule has 0 unspecified atom stereocenters. The molecule has 0 aliphatic heterocycles. The molecule has 13 heteroatoms. The predicted molar refractivity (Wildman–Crippen MR) is 112 cm³/mol. The van der Waals surface area contributed by atoms with Gasteiger partial charge in [-0.25, -0.2) is 0 Å². The highest BCUT2D eigenvalue weighted by Crippen LogP contribution is 2.37. The van der Waals surface area contributed by atoms with Crippen molar-refractivity contribution in [3.63, 3.8) is 0 Å². The highest BCUT2D eigenvalue weighted by atomic mass is 32.2. The Morgan fingerprint density at radius 1 is 1.00 bits per heavy atom. The van der Waals surface area contributed by atoms with Crippen molar-refractivity contribution in [1.29, 1.82) is 0 Å². The van der Waals surface area contributed by atoms with E-state index < -0.39 is 35.1 Å². The lowest BCUT2D eigenvalue weighted by Crippen LogP contribution is -2.17. The maximum atomic E-state index is 13.0. The predicted octanol–water partition coefficient (Wildman–Crippen LogP) is 5.65. The molecular weight excluding hydrogens is 486 g/mol. The van der Waals surface area contributed by atoms with Gasteiger partial charge in [-0.1, -0.05) is 30.0 Å². The van der Waals surface area contributed by atoms with Crippen LogP contribution in [0, 0.1) is 0 Å². The van der Waals surface area contributed by atoms with Crippen molar-refractivity contribution in [1.82, 2.24) is 14.8 Å². The van der Waals surface area contributed by atoms with Crippen LogP contribution in [0.4, 0.5) is 32.0 Å². The summed E-state index contributed by atoms with van der Waals surface area (Å²) in [6.45, 7) is 2.38. The molecule has 6 nitrogen and oxygen atoms in total. The molecule has 1 aromatic heterocycles. The van der Waals surface area contributed by atoms with Crippen molar-refractivity contribution in [3.05, 3.63) is 65.5 Å². The molecule has 0 bridgehead atoms. The Bertz CT molecular complexity index is 1100. The van der Waals surface area contributed by atoms with E-state index >= 15 is 0 Å². The maximum absolute atomic E-state index is 13.0. The monoisotopic (exact) mass is 504 g/mol. The smallest absolute Gasteiger partial charge is 0.416 e. The van der Waals surface area contributed by atoms with Gasteiger partial charge in [-0.2, -0.15) is 26.3 Å². The highest BCUT2D eigenvalue weighted by Gasteiger charge is 2.37. The van der Waals surface area contributed by atoms with Gasteiger partial charge in [0.25, 0.3) is 0 Å². The number of ether oxygens (including phenoxy) is 1. The highest BCUT2D eigenvalue weighted by molar-refractivity contribution is 7.99. The first-order valence-electron chi connectivity index (χ1n) is 9.79. The fourth-order valence-corrected chi connectivity index (χ4v) is 3.69. The van der Waals surface area contributed by atoms with Crippen molar-refractivity contribution in [3.8, 4) is 5.75 Å². The Hall–Kier alpha value is -3.22. The van der Waals surface area contributed by atoms with Gasteiger partial charge in [-0.05, 0) is 37.3 Å². The zero-order chi connectivity index (χ0) is 24.9. The van der Waals surface area contributed by atoms with Gasteiger partial charge in [0.15, 0.2) is 11.0 Å². The Morgan fingerprint density at radius 3 is 2.18 bits per heavy atom. The van der Waals surface area contributed by atoms with E-state index in [9.17, 15) is 31.1 Å². The molecule has 1 amide bonds. The molecule has 34 heavy (non-hydrogen) atoms. The topological polar surface area (TPSA) is 69.0 Å². The second-order valence-corrected chi connectivity index (χ2v) is 7.82. The lowest BCUT2D eigenvalue weighted by atomic mass is 10.1. The number of rotatable bonds is 8. The number of amides is 1. The molecule has 0 atom stereocenters. The minimum atomic E-state index is -5.01. The summed E-state index contributed by atoms with van der Waals surface area (Å²) in [7, 11) is 0. The molecule has 0 spiro atoms. The zero-order valence-corrected chi connectivity index (χ0v) is 18.4. The summed E-state index contributed by atoms with van der Waals surface area (Å²) in [5.74, 6) is 0.00290. The first-order valence-corrected chi connectivity index (χ1v) is 10.8. The number of thioether (sulfide) groups is 1. The summed E-state index contributed by atoms with van der Waals surface area (Å²) in [6, 6.07) is 9.88. The van der Waals surface area contributed by atoms with Crippen LogP contribution < -0.4 is 10.1 Å². The molecule has 182 valence electrons. The number of alkyl halides is 6. The van der Waals surface area contributed by atoms with Gasteiger partial charge in [0, 0.05) is 12.2 Å². The normalized spacial score (nSPS) is 12.0. The van der Waals surface area contributed by atoms with Crippen molar-refractivity contribution >= 4 is 23.4 Å². The van der Waals surface area contributed by atoms with Gasteiger partial charge in [-0.15, -0.1) is 10.2 Å². The second-order valence-electron chi connectivity index (χ2n) is 6.88. The lowest BCUT2D eigenvalue weighted by molar-refractivity contribution is -0.143. The molecule has 1 heterocycles. The van der Waals surface area contributed by atoms with Crippen LogP contribution in [0.1, 0.15) is 23.9 Å². The third kappa shape index (κ3) is 6.65. The fourth-order valence-electron chi connectivity index (χ4n) is 2.87. The largest absolute Gasteiger partial charge is 0.486 e. The summed E-state index contributed by atoms with van der Waals surface area (Å²) in [4.78, 5) is 12.2. The number of anilines is 1. The van der Waals surface area contributed by atoms with Gasteiger partial charge in [0.05, 0.1) is 16.9 Å². The molecule has 2 aromatic carbocycles. The minimum absolute atomic E-state index is 0.00677. The number of halogens is 6. The molecule has 0 saturated heterocycles. The summed E-state index contributed by atoms with van der Waals surface area (Å²) in [5, 5.41) is 10.5. The number of carbonyl (C=O) groups excluding carboxylic acids is 1. The summed E-state index contributed by atoms with van der Waals surface area (Å²) < 4.78 is 85.2. The quantitative estimate of drug-likeness (QED) is 0.317. The first-order chi connectivity index (χ1) is 16.0. The zero-order valence-electron chi connectivity index (χ0n) is 17.6. The van der Waals surface area contributed by atoms with Crippen LogP contribution in [0.25, 0.3) is 0 Å². The number of hydrogen-bond donors (Lipinski definition) is 1. The van der Waals surface area contributed by atoms with Gasteiger partial charge in [-0.3, -0.25) is 4.79 Å². The Labute approximate surface area is 194 Å². The number of nitrogens with one attached hydrogen (secondary N) is 1. The van der Waals surface area contributed by atoms with Gasteiger partial charge < -0.3 is 14.6 Å². The first kappa shape index (κ1) is 25.4. The van der Waals surface area contributed by atoms with Gasteiger partial charge in [0.1, 0.15) is 12.4 Å². The third-order valence-electron chi connectivity index (χ3n) is 4.42. The van der Waals surface area contributed by atoms with Crippen LogP contribution >= 0.6 is 11.8 Å². The number of hydrogen-bond acceptors (Lipinski definition) is 5. The SMILES string of the molecule is CCn1c(COc2ccccc2)nnc1SCC(=O)Nc1cc(C(F)(F)F)cc(C(F)(F)F)c1. The van der Waals surface area contributed by atoms with E-state index in [2.05, 4.69) is 15.5 Å². The van der Waals surface area contributed by atoms with E-state index in [0.717, 1.165) is 11.8 Å². The Balaban J connectivity index is 1.66. The van der Waals surface area contributed by atoms with Crippen LogP contribution in [0.3, 0.4) is 0 Å². The molecule has 0 radical (unpaired) electrons. The van der Waals surface area contributed by atoms with Gasteiger partial charge >= 0.3 is 12.4 Å². The van der Waals surface area contributed by atoms with Crippen LogP contribution in [-0.2, 0) is 30.3 Å². The fraction of sp³-hybridized carbons (Fsp3) is 0.286. The molecule has 0 aliphatic rings. The van der Waals surface area contributed by atoms with E-state index in [4.69, 9.17) is 4.74 Å². The van der Waals surface area contributed by atoms with E-state index in [1.807, 2.05) is 25.1 Å². The summed E-state index contributed by atoms with van der Waals surface area (Å²) in [5.41, 5.74) is -3.64. The maximum Gasteiger partial charge on any atom is 0.416 e. The van der Waals surface area contributed by atoms with Gasteiger partial charge in [0.2, 0.25) is 5.91 Å². The Morgan fingerprint density at radius 2 is 1.62 bits per heavy atom. The van der Waals surface area contributed by atoms with Crippen LogP contribution in [0.2, 0.25) is 0 Å². The summed E-state index contributed by atoms with van der Waals surface area (Å²) >= 11 is 0.938. The molecule has 0 aliphatic carbocycles. The number of carbonyl (C=O) groups is 1. The van der Waals surface area contributed by atoms with Crippen LogP contribution in [-0.4, -0.2) is 26.4 Å². The number of nitrogens with zero attached hydrogens (tertiary/aromatic N) is 3. The molecule has 3 rings (SSSR count). The lowest BCUT2D eigenvalue weighted by Gasteiger charge is -2.14. The molecular formula is C21H18F6N4O2S. The van der Waals surface area contributed by atoms with E-state index in [0.29, 0.717) is 35.4 Å². The van der Waals surface area contributed by atoms with Crippen LogP contribution in [0.15, 0.2) is 53.7 Å². The molecule has 0 fully saturated rings. The molecule has 3 aromatic rings. The number of benzene rings is 2. The number of aromatic nitrogens is 3. The van der Waals surface area contributed by atoms with Crippen molar-refractivity contribution in [2.75, 3.05) is 11.1 Å². The van der Waals surface area contributed by atoms with Crippen molar-refractivity contribution < 1.29 is 35.9 Å². The molecule has 0 saturated carbocycles. The van der Waals surface area contributed by atoms with Crippen LogP contribution in [0.5, 0.6) is 5.75 Å². The Kier molecular flexibility index (Phi) is 7.75.